The Morgan fingerprint density at radius 2 is 2.00 bits per heavy atom. The summed E-state index contributed by atoms with van der Waals surface area (Å²) >= 11 is 0. The molecule has 0 spiro atoms. The van der Waals surface area contributed by atoms with Gasteiger partial charge >= 0.3 is 58.4 Å². The van der Waals surface area contributed by atoms with Crippen LogP contribution in [0.5, 0.6) is 5.88 Å². The van der Waals surface area contributed by atoms with Crippen LogP contribution < -0.4 is 61.6 Å². The molecule has 0 unspecified atom stereocenters. The second-order valence-electron chi connectivity index (χ2n) is 3.65. The molecular weight excluding hydrogens is 259 g/mol. The number of hydrogen-bond donors (Lipinski definition) is 0. The monoisotopic (exact) mass is 272 g/mol. The van der Waals surface area contributed by atoms with Crippen LogP contribution in [0.25, 0.3) is 0 Å². The van der Waals surface area contributed by atoms with Crippen molar-refractivity contribution in [3.8, 4) is 5.88 Å². The quantitative estimate of drug-likeness (QED) is 0.584. The average molecular weight is 272 g/mol. The topological polar surface area (TPSA) is 25.4 Å². The molecule has 0 saturated heterocycles. The molecule has 1 heterocycles. The molecule has 3 nitrogen and oxygen atoms in total. The van der Waals surface area contributed by atoms with Crippen molar-refractivity contribution < 1.29 is 69.1 Å². The van der Waals surface area contributed by atoms with Crippen LogP contribution in [0.3, 0.4) is 0 Å². The third kappa shape index (κ3) is 6.78. The summed E-state index contributed by atoms with van der Waals surface area (Å²) in [7, 11) is 3.71. The summed E-state index contributed by atoms with van der Waals surface area (Å²) in [5.74, 6) is 0.0125. The summed E-state index contributed by atoms with van der Waals surface area (Å²) in [6.45, 7) is -4.05. The van der Waals surface area contributed by atoms with Gasteiger partial charge in [0.15, 0.2) is 0 Å². The summed E-state index contributed by atoms with van der Waals surface area (Å²) in [4.78, 5) is 5.59. The molecule has 17 heavy (non-hydrogen) atoms. The average Bonchev–Trinajstić information content (AvgIpc) is 2.16. The van der Waals surface area contributed by atoms with Gasteiger partial charge in [0.1, 0.15) is 6.61 Å². The van der Waals surface area contributed by atoms with Gasteiger partial charge in [-0.25, -0.2) is 4.98 Å². The van der Waals surface area contributed by atoms with E-state index in [0.29, 0.717) is 13.2 Å². The molecule has 0 aromatic carbocycles. The van der Waals surface area contributed by atoms with Crippen LogP contribution in [0, 0.1) is 0 Å². The molecule has 90 valence electrons. The zero-order valence-electron chi connectivity index (χ0n) is 10.2. The first-order valence-electron chi connectivity index (χ1n) is 4.83. The molecule has 8 heteroatoms. The zero-order chi connectivity index (χ0) is 12.2. The van der Waals surface area contributed by atoms with Gasteiger partial charge in [0.05, 0.1) is 0 Å². The predicted octanol–water partition coefficient (Wildman–Crippen LogP) is -1.92. The van der Waals surface area contributed by atoms with Crippen molar-refractivity contribution in [3.63, 3.8) is 0 Å². The minimum Gasteiger partial charge on any atom is -0.476 e. The van der Waals surface area contributed by atoms with Crippen LogP contribution >= 0.6 is 0 Å². The molecule has 0 amide bonds. The van der Waals surface area contributed by atoms with E-state index in [1.54, 1.807) is 0 Å². The van der Waals surface area contributed by atoms with E-state index in [2.05, 4.69) is 4.98 Å². The van der Waals surface area contributed by atoms with Gasteiger partial charge in [-0.2, -0.15) is 0 Å². The van der Waals surface area contributed by atoms with E-state index in [0.717, 1.165) is 18.3 Å². The Bertz CT molecular complexity index is 349. The first kappa shape index (κ1) is 17.4. The normalized spacial score (nSPS) is 11.2. The van der Waals surface area contributed by atoms with Gasteiger partial charge in [-0.1, -0.05) is 6.07 Å². The maximum absolute atomic E-state index is 12.4. The predicted molar refractivity (Wildman–Crippen MR) is 57.0 cm³/mol. The molecule has 1 aromatic heterocycles. The first-order valence-corrected chi connectivity index (χ1v) is 4.83. The fourth-order valence-electron chi connectivity index (χ4n) is 1.04. The molecule has 0 fully saturated rings. The first-order chi connectivity index (χ1) is 7.39. The van der Waals surface area contributed by atoms with E-state index in [1.165, 1.54) is 0 Å². The largest absolute Gasteiger partial charge is 1.00 e. The Hall–Kier alpha value is 0.401. The van der Waals surface area contributed by atoms with Gasteiger partial charge in [-0.15, -0.1) is 5.46 Å². The number of pyridine rings is 1. The third-order valence-electron chi connectivity index (χ3n) is 1.93. The van der Waals surface area contributed by atoms with Crippen LogP contribution in [0.2, 0.25) is 0 Å². The molecule has 0 saturated carbocycles. The number of nitrogens with zero attached hydrogens (tertiary/aromatic N) is 2. The van der Waals surface area contributed by atoms with Gasteiger partial charge in [0, 0.05) is 12.7 Å². The molecule has 0 aliphatic heterocycles. The van der Waals surface area contributed by atoms with Crippen molar-refractivity contribution in [2.45, 2.75) is 0 Å². The number of aromatic nitrogens is 1. The Kier molecular flexibility index (Phi) is 7.94. The van der Waals surface area contributed by atoms with E-state index < -0.39 is 12.4 Å². The second kappa shape index (κ2) is 7.75. The second-order valence-corrected chi connectivity index (χ2v) is 3.65. The smallest absolute Gasteiger partial charge is 0.476 e. The minimum absolute atomic E-state index is 0. The maximum Gasteiger partial charge on any atom is 1.00 e. The van der Waals surface area contributed by atoms with Gasteiger partial charge in [0.2, 0.25) is 5.88 Å². The number of halogens is 3. The fourth-order valence-corrected chi connectivity index (χ4v) is 1.04. The van der Waals surface area contributed by atoms with Crippen molar-refractivity contribution in [2.75, 3.05) is 27.2 Å². The standard InChI is InChI=1S/C9H13BF3N2O.K/c1-15(2)5-6-16-9-7-8(3-4-14-9)10(11,12)13;/h3-4,7H,5-6H2,1-2H3;/q-1;+1. The molecule has 0 N–H and O–H groups in total. The summed E-state index contributed by atoms with van der Waals surface area (Å²) in [5, 5.41) is 0. The van der Waals surface area contributed by atoms with E-state index >= 15 is 0 Å². The van der Waals surface area contributed by atoms with Crippen LogP contribution in [0.4, 0.5) is 12.9 Å². The number of rotatable bonds is 5. The van der Waals surface area contributed by atoms with Gasteiger partial charge in [-0.05, 0) is 20.2 Å². The van der Waals surface area contributed by atoms with Crippen molar-refractivity contribution >= 4 is 12.4 Å². The Morgan fingerprint density at radius 3 is 2.53 bits per heavy atom. The van der Waals surface area contributed by atoms with E-state index in [9.17, 15) is 12.9 Å². The summed E-state index contributed by atoms with van der Waals surface area (Å²) in [5.41, 5.74) is -0.685. The number of likely N-dealkylation sites (N-methyl/N-ethyl adjacent to an activating group) is 1. The van der Waals surface area contributed by atoms with E-state index in [4.69, 9.17) is 4.74 Å². The molecule has 0 aliphatic rings. The van der Waals surface area contributed by atoms with Crippen LogP contribution in [0.1, 0.15) is 0 Å². The van der Waals surface area contributed by atoms with Crippen LogP contribution in [0.15, 0.2) is 18.3 Å². The molecule has 0 radical (unpaired) electrons. The zero-order valence-corrected chi connectivity index (χ0v) is 13.3. The van der Waals surface area contributed by atoms with Gasteiger partial charge < -0.3 is 22.6 Å². The van der Waals surface area contributed by atoms with Gasteiger partial charge in [-0.3, -0.25) is 0 Å². The van der Waals surface area contributed by atoms with E-state index in [1.807, 2.05) is 19.0 Å². The summed E-state index contributed by atoms with van der Waals surface area (Å²) in [6, 6.07) is 1.87. The molecule has 0 atom stereocenters. The third-order valence-corrected chi connectivity index (χ3v) is 1.93. The van der Waals surface area contributed by atoms with Crippen LogP contribution in [-0.2, 0) is 0 Å². The maximum atomic E-state index is 12.4. The van der Waals surface area contributed by atoms with Crippen molar-refractivity contribution in [3.05, 3.63) is 18.3 Å². The number of ether oxygens (including phenoxy) is 1. The molecule has 0 bridgehead atoms. The van der Waals surface area contributed by atoms with Crippen molar-refractivity contribution in [1.29, 1.82) is 0 Å². The summed E-state index contributed by atoms with van der Waals surface area (Å²) < 4.78 is 42.3. The minimum atomic E-state index is -4.99. The molecular formula is C9H13BF3KN2O. The van der Waals surface area contributed by atoms with Crippen LogP contribution in [-0.4, -0.2) is 44.1 Å². The summed E-state index contributed by atoms with van der Waals surface area (Å²) in [6.07, 6.45) is 1.11. The van der Waals surface area contributed by atoms with Crippen molar-refractivity contribution in [1.82, 2.24) is 9.88 Å². The SMILES string of the molecule is CN(C)CCOc1cc([B-](F)(F)F)ccn1.[K+]. The molecule has 1 rings (SSSR count). The van der Waals surface area contributed by atoms with E-state index in [-0.39, 0.29) is 57.3 Å². The fraction of sp³-hybridized carbons (Fsp3) is 0.444. The Balaban J connectivity index is 0.00000256. The molecule has 0 aliphatic carbocycles. The molecule has 1 aromatic rings. The number of hydrogen-bond acceptors (Lipinski definition) is 3. The van der Waals surface area contributed by atoms with Crippen molar-refractivity contribution in [2.24, 2.45) is 0 Å². The Morgan fingerprint density at radius 1 is 1.35 bits per heavy atom. The Labute approximate surface area is 141 Å². The van der Waals surface area contributed by atoms with Gasteiger partial charge in [0.25, 0.3) is 0 Å².